The molecule has 1 aliphatic heterocycles. The second-order valence-corrected chi connectivity index (χ2v) is 7.28. The molecule has 0 saturated carbocycles. The molecule has 1 amide bonds. The van der Waals surface area contributed by atoms with Crippen LogP contribution in [0.4, 0.5) is 0 Å². The number of rotatable bonds is 5. The van der Waals surface area contributed by atoms with Gasteiger partial charge in [0.2, 0.25) is 11.8 Å². The summed E-state index contributed by atoms with van der Waals surface area (Å²) in [5, 5.41) is 12.7. The van der Waals surface area contributed by atoms with Crippen LogP contribution in [0.2, 0.25) is 0 Å². The molecule has 1 fully saturated rings. The van der Waals surface area contributed by atoms with Gasteiger partial charge >= 0.3 is 0 Å². The number of thiazole rings is 1. The molecule has 4 rings (SSSR count). The van der Waals surface area contributed by atoms with Gasteiger partial charge in [-0.3, -0.25) is 9.48 Å². The number of likely N-dealkylation sites (tertiary alicyclic amines) is 1. The van der Waals surface area contributed by atoms with E-state index in [2.05, 4.69) is 20.3 Å². The lowest BCUT2D eigenvalue weighted by Crippen LogP contribution is -2.31. The average Bonchev–Trinajstić information content (AvgIpc) is 3.39. The van der Waals surface area contributed by atoms with E-state index < -0.39 is 0 Å². The molecule has 8 nitrogen and oxygen atoms in total. The van der Waals surface area contributed by atoms with E-state index in [1.54, 1.807) is 10.2 Å². The standard InChI is InChI=1S/C17H20N6O2S/c1-11-5-8-22(21-11)9-6-14(24)23-7-3-4-13(23)16-19-20-17(25-16)15-12(2)18-10-26-15/h5,8,10,13H,3-4,6-7,9H2,1-2H3/t13-/m0/s1. The molecule has 136 valence electrons. The van der Waals surface area contributed by atoms with Crippen LogP contribution in [0.3, 0.4) is 0 Å². The van der Waals surface area contributed by atoms with Crippen LogP contribution in [0.25, 0.3) is 10.8 Å². The fourth-order valence-electron chi connectivity index (χ4n) is 3.23. The van der Waals surface area contributed by atoms with Crippen molar-refractivity contribution in [2.45, 2.75) is 45.7 Å². The van der Waals surface area contributed by atoms with Gasteiger partial charge in [-0.1, -0.05) is 0 Å². The summed E-state index contributed by atoms with van der Waals surface area (Å²) in [7, 11) is 0. The SMILES string of the molecule is Cc1ccn(CCC(=O)N2CCC[C@H]2c2nnc(-c3scnc3C)o2)n1. The van der Waals surface area contributed by atoms with E-state index in [-0.39, 0.29) is 11.9 Å². The van der Waals surface area contributed by atoms with E-state index in [4.69, 9.17) is 4.42 Å². The molecule has 1 saturated heterocycles. The van der Waals surface area contributed by atoms with Gasteiger partial charge in [-0.15, -0.1) is 21.5 Å². The minimum atomic E-state index is -0.142. The number of hydrogen-bond donors (Lipinski definition) is 0. The van der Waals surface area contributed by atoms with Gasteiger partial charge in [-0.05, 0) is 32.8 Å². The summed E-state index contributed by atoms with van der Waals surface area (Å²) >= 11 is 1.48. The Kier molecular flexibility index (Phi) is 4.54. The first kappa shape index (κ1) is 16.9. The van der Waals surface area contributed by atoms with Crippen molar-refractivity contribution < 1.29 is 9.21 Å². The summed E-state index contributed by atoms with van der Waals surface area (Å²) in [6.45, 7) is 5.15. The van der Waals surface area contributed by atoms with Crippen LogP contribution < -0.4 is 0 Å². The number of aromatic nitrogens is 5. The summed E-state index contributed by atoms with van der Waals surface area (Å²) in [5.41, 5.74) is 3.59. The second-order valence-electron chi connectivity index (χ2n) is 6.43. The lowest BCUT2D eigenvalue weighted by molar-refractivity contribution is -0.132. The molecule has 0 radical (unpaired) electrons. The fraction of sp³-hybridized carbons (Fsp3) is 0.471. The predicted molar refractivity (Wildman–Crippen MR) is 95.4 cm³/mol. The third kappa shape index (κ3) is 3.26. The summed E-state index contributed by atoms with van der Waals surface area (Å²) in [6, 6.07) is 1.79. The lowest BCUT2D eigenvalue weighted by Gasteiger charge is -2.22. The first-order valence-electron chi connectivity index (χ1n) is 8.65. The Labute approximate surface area is 154 Å². The Balaban J connectivity index is 1.45. The zero-order chi connectivity index (χ0) is 18.1. The maximum Gasteiger partial charge on any atom is 0.259 e. The number of carbonyl (C=O) groups is 1. The van der Waals surface area contributed by atoms with Crippen molar-refractivity contribution in [3.63, 3.8) is 0 Å². The molecular formula is C17H20N6O2S. The quantitative estimate of drug-likeness (QED) is 0.684. The molecular weight excluding hydrogens is 352 g/mol. The predicted octanol–water partition coefficient (Wildman–Crippen LogP) is 2.76. The van der Waals surface area contributed by atoms with Gasteiger partial charge in [0.05, 0.1) is 16.9 Å². The first-order valence-corrected chi connectivity index (χ1v) is 9.53. The smallest absolute Gasteiger partial charge is 0.259 e. The van der Waals surface area contributed by atoms with E-state index in [0.717, 1.165) is 35.7 Å². The van der Waals surface area contributed by atoms with Crippen LogP contribution in [-0.4, -0.2) is 42.3 Å². The number of hydrogen-bond acceptors (Lipinski definition) is 7. The van der Waals surface area contributed by atoms with Crippen LogP contribution in [0.1, 0.15) is 42.6 Å². The lowest BCUT2D eigenvalue weighted by atomic mass is 10.2. The second kappa shape index (κ2) is 6.99. The molecule has 0 spiro atoms. The molecule has 0 aliphatic carbocycles. The van der Waals surface area contributed by atoms with Gasteiger partial charge in [0.25, 0.3) is 5.89 Å². The summed E-state index contributed by atoms with van der Waals surface area (Å²) in [5.74, 6) is 1.08. The van der Waals surface area contributed by atoms with Crippen molar-refractivity contribution in [3.05, 3.63) is 35.1 Å². The van der Waals surface area contributed by atoms with Gasteiger partial charge in [0, 0.05) is 25.7 Å². The minimum Gasteiger partial charge on any atom is -0.418 e. The monoisotopic (exact) mass is 372 g/mol. The van der Waals surface area contributed by atoms with Gasteiger partial charge < -0.3 is 9.32 Å². The number of nitrogens with zero attached hydrogens (tertiary/aromatic N) is 6. The largest absolute Gasteiger partial charge is 0.418 e. The van der Waals surface area contributed by atoms with E-state index in [1.165, 1.54) is 11.3 Å². The van der Waals surface area contributed by atoms with Gasteiger partial charge in [0.15, 0.2) is 0 Å². The maximum absolute atomic E-state index is 12.7. The highest BCUT2D eigenvalue weighted by Crippen LogP contribution is 2.34. The van der Waals surface area contributed by atoms with Crippen LogP contribution in [0.15, 0.2) is 22.2 Å². The summed E-state index contributed by atoms with van der Waals surface area (Å²) in [4.78, 5) is 19.6. The zero-order valence-electron chi connectivity index (χ0n) is 14.8. The van der Waals surface area contributed by atoms with Gasteiger partial charge in [0.1, 0.15) is 10.9 Å². The molecule has 0 N–H and O–H groups in total. The Hall–Kier alpha value is -2.55. The van der Waals surface area contributed by atoms with Crippen molar-refractivity contribution in [3.8, 4) is 10.8 Å². The molecule has 26 heavy (non-hydrogen) atoms. The average molecular weight is 372 g/mol. The zero-order valence-corrected chi connectivity index (χ0v) is 15.6. The number of carbonyl (C=O) groups excluding carboxylic acids is 1. The van der Waals surface area contributed by atoms with E-state index in [1.807, 2.05) is 31.0 Å². The maximum atomic E-state index is 12.7. The topological polar surface area (TPSA) is 89.9 Å². The normalized spacial score (nSPS) is 17.2. The molecule has 1 atom stereocenters. The molecule has 0 aromatic carbocycles. The van der Waals surface area contributed by atoms with Crippen LogP contribution >= 0.6 is 11.3 Å². The molecule has 4 heterocycles. The van der Waals surface area contributed by atoms with Crippen LogP contribution in [-0.2, 0) is 11.3 Å². The molecule has 0 bridgehead atoms. The highest BCUT2D eigenvalue weighted by Gasteiger charge is 2.34. The van der Waals surface area contributed by atoms with Gasteiger partial charge in [-0.25, -0.2) is 4.98 Å². The van der Waals surface area contributed by atoms with Crippen molar-refractivity contribution in [1.82, 2.24) is 29.9 Å². The van der Waals surface area contributed by atoms with E-state index in [0.29, 0.717) is 24.7 Å². The van der Waals surface area contributed by atoms with E-state index >= 15 is 0 Å². The first-order chi connectivity index (χ1) is 12.6. The highest BCUT2D eigenvalue weighted by atomic mass is 32.1. The third-order valence-electron chi connectivity index (χ3n) is 4.57. The van der Waals surface area contributed by atoms with Crippen molar-refractivity contribution in [2.75, 3.05) is 6.54 Å². The van der Waals surface area contributed by atoms with E-state index in [9.17, 15) is 4.79 Å². The Morgan fingerprint density at radius 3 is 3.00 bits per heavy atom. The Morgan fingerprint density at radius 1 is 1.38 bits per heavy atom. The number of aryl methyl sites for hydroxylation is 3. The van der Waals surface area contributed by atoms with Crippen molar-refractivity contribution in [1.29, 1.82) is 0 Å². The van der Waals surface area contributed by atoms with Crippen molar-refractivity contribution >= 4 is 17.2 Å². The van der Waals surface area contributed by atoms with Gasteiger partial charge in [-0.2, -0.15) is 5.10 Å². The fourth-order valence-corrected chi connectivity index (χ4v) is 3.95. The minimum absolute atomic E-state index is 0.0920. The van der Waals surface area contributed by atoms with Crippen LogP contribution in [0.5, 0.6) is 0 Å². The molecule has 3 aromatic rings. The number of amides is 1. The highest BCUT2D eigenvalue weighted by molar-refractivity contribution is 7.13. The molecule has 9 heteroatoms. The Morgan fingerprint density at radius 2 is 2.27 bits per heavy atom. The molecule has 3 aromatic heterocycles. The molecule has 0 unspecified atom stereocenters. The van der Waals surface area contributed by atoms with Crippen LogP contribution in [0, 0.1) is 13.8 Å². The van der Waals surface area contributed by atoms with Crippen molar-refractivity contribution in [2.24, 2.45) is 0 Å². The summed E-state index contributed by atoms with van der Waals surface area (Å²) in [6.07, 6.45) is 4.09. The molecule has 1 aliphatic rings. The summed E-state index contributed by atoms with van der Waals surface area (Å²) < 4.78 is 7.68. The Bertz CT molecular complexity index is 914. The third-order valence-corrected chi connectivity index (χ3v) is 5.48.